The molecule has 1 heterocycles. The van der Waals surface area contributed by atoms with Crippen LogP contribution in [0.2, 0.25) is 0 Å². The molecule has 1 aromatic carbocycles. The van der Waals surface area contributed by atoms with Crippen LogP contribution in [0.1, 0.15) is 33.3 Å². The molecular formula is C16H16BrNO5. The quantitative estimate of drug-likeness (QED) is 0.613. The van der Waals surface area contributed by atoms with Gasteiger partial charge < -0.3 is 19.2 Å². The Morgan fingerprint density at radius 2 is 1.83 bits per heavy atom. The molecule has 1 N–H and O–H groups in total. The fourth-order valence-corrected chi connectivity index (χ4v) is 2.46. The number of hydrogen-bond donors (Lipinski definition) is 1. The van der Waals surface area contributed by atoms with Gasteiger partial charge in [-0.2, -0.15) is 0 Å². The zero-order valence-corrected chi connectivity index (χ0v) is 14.5. The number of ketones is 1. The number of carbonyl (C=O) groups is 2. The second kappa shape index (κ2) is 7.32. The average molecular weight is 382 g/mol. The number of aromatic nitrogens is 1. The Morgan fingerprint density at radius 3 is 2.39 bits per heavy atom. The SMILES string of the molecule is COc1cc(COC(=O)c2cc(C(C)=O)c[nH]2)c(OC)cc1Br. The summed E-state index contributed by atoms with van der Waals surface area (Å²) in [6.45, 7) is 1.44. The maximum absolute atomic E-state index is 12.0. The van der Waals surface area contributed by atoms with Crippen LogP contribution in [-0.4, -0.2) is 31.0 Å². The molecule has 0 unspecified atom stereocenters. The predicted octanol–water partition coefficient (Wildman–Crippen LogP) is 3.35. The second-order valence-electron chi connectivity index (χ2n) is 4.73. The first-order chi connectivity index (χ1) is 11.0. The Balaban J connectivity index is 2.13. The van der Waals surface area contributed by atoms with Gasteiger partial charge in [-0.25, -0.2) is 4.79 Å². The van der Waals surface area contributed by atoms with E-state index < -0.39 is 5.97 Å². The standard InChI is InChI=1S/C16H16BrNO5/c1-9(19)10-4-13(18-7-10)16(20)23-8-11-5-15(22-3)12(17)6-14(11)21-2/h4-7,18H,8H2,1-3H3. The smallest absolute Gasteiger partial charge is 0.355 e. The number of carbonyl (C=O) groups excluding carboxylic acids is 2. The van der Waals surface area contributed by atoms with Gasteiger partial charge in [-0.3, -0.25) is 4.79 Å². The monoisotopic (exact) mass is 381 g/mol. The fraction of sp³-hybridized carbons (Fsp3) is 0.250. The number of nitrogens with one attached hydrogen (secondary N) is 1. The largest absolute Gasteiger partial charge is 0.496 e. The van der Waals surface area contributed by atoms with E-state index >= 15 is 0 Å². The van der Waals surface area contributed by atoms with Crippen LogP contribution in [0.25, 0.3) is 0 Å². The minimum atomic E-state index is -0.554. The molecule has 7 heteroatoms. The van der Waals surface area contributed by atoms with Crippen molar-refractivity contribution >= 4 is 27.7 Å². The summed E-state index contributed by atoms with van der Waals surface area (Å²) < 4.78 is 16.5. The lowest BCUT2D eigenvalue weighted by molar-refractivity contribution is 0.0463. The number of esters is 1. The maximum Gasteiger partial charge on any atom is 0.355 e. The molecule has 0 saturated carbocycles. The molecule has 122 valence electrons. The topological polar surface area (TPSA) is 77.6 Å². The van der Waals surface area contributed by atoms with Crippen LogP contribution in [-0.2, 0) is 11.3 Å². The first-order valence-corrected chi connectivity index (χ1v) is 7.52. The number of Topliss-reactive ketones (excluding diaryl/α,β-unsaturated/α-hetero) is 1. The molecule has 0 bridgehead atoms. The summed E-state index contributed by atoms with van der Waals surface area (Å²) in [7, 11) is 3.08. The van der Waals surface area contributed by atoms with Crippen molar-refractivity contribution in [1.29, 1.82) is 0 Å². The third-order valence-corrected chi connectivity index (χ3v) is 3.84. The lowest BCUT2D eigenvalue weighted by Gasteiger charge is -2.12. The Bertz CT molecular complexity index is 738. The third-order valence-electron chi connectivity index (χ3n) is 3.22. The Morgan fingerprint density at radius 1 is 1.13 bits per heavy atom. The lowest BCUT2D eigenvalue weighted by atomic mass is 10.2. The van der Waals surface area contributed by atoms with E-state index in [2.05, 4.69) is 20.9 Å². The van der Waals surface area contributed by atoms with Crippen molar-refractivity contribution in [1.82, 2.24) is 4.98 Å². The second-order valence-corrected chi connectivity index (χ2v) is 5.59. The van der Waals surface area contributed by atoms with Crippen LogP contribution >= 0.6 is 15.9 Å². The third kappa shape index (κ3) is 3.92. The molecule has 2 rings (SSSR count). The van der Waals surface area contributed by atoms with Gasteiger partial charge in [0.2, 0.25) is 0 Å². The number of ether oxygens (including phenoxy) is 3. The molecule has 0 spiro atoms. The summed E-state index contributed by atoms with van der Waals surface area (Å²) in [6, 6.07) is 4.93. The van der Waals surface area contributed by atoms with Crippen molar-refractivity contribution in [2.75, 3.05) is 14.2 Å². The van der Waals surface area contributed by atoms with E-state index in [4.69, 9.17) is 14.2 Å². The highest BCUT2D eigenvalue weighted by atomic mass is 79.9. The summed E-state index contributed by atoms with van der Waals surface area (Å²) >= 11 is 3.37. The number of rotatable bonds is 6. The molecule has 0 aliphatic carbocycles. The van der Waals surface area contributed by atoms with Crippen LogP contribution in [0.3, 0.4) is 0 Å². The minimum Gasteiger partial charge on any atom is -0.496 e. The molecule has 0 atom stereocenters. The van der Waals surface area contributed by atoms with Crippen LogP contribution in [0.4, 0.5) is 0 Å². The van der Waals surface area contributed by atoms with Crippen molar-refractivity contribution in [3.63, 3.8) is 0 Å². The zero-order valence-electron chi connectivity index (χ0n) is 12.9. The first kappa shape index (κ1) is 17.1. The molecule has 0 fully saturated rings. The van der Waals surface area contributed by atoms with E-state index in [9.17, 15) is 9.59 Å². The van der Waals surface area contributed by atoms with E-state index in [1.54, 1.807) is 19.2 Å². The van der Waals surface area contributed by atoms with E-state index in [0.29, 0.717) is 22.6 Å². The molecule has 23 heavy (non-hydrogen) atoms. The minimum absolute atomic E-state index is 0.0140. The highest BCUT2D eigenvalue weighted by Crippen LogP contribution is 2.33. The highest BCUT2D eigenvalue weighted by molar-refractivity contribution is 9.10. The van der Waals surface area contributed by atoms with Crippen LogP contribution in [0.5, 0.6) is 11.5 Å². The summed E-state index contributed by atoms with van der Waals surface area (Å²) in [6.07, 6.45) is 1.47. The number of hydrogen-bond acceptors (Lipinski definition) is 5. The Labute approximate surface area is 141 Å². The first-order valence-electron chi connectivity index (χ1n) is 6.73. The van der Waals surface area contributed by atoms with Gasteiger partial charge in [0.1, 0.15) is 23.8 Å². The number of benzene rings is 1. The molecular weight excluding hydrogens is 366 g/mol. The van der Waals surface area contributed by atoms with Gasteiger partial charge in [-0.1, -0.05) is 0 Å². The van der Waals surface area contributed by atoms with Crippen molar-refractivity contribution in [2.45, 2.75) is 13.5 Å². The summed E-state index contributed by atoms with van der Waals surface area (Å²) in [4.78, 5) is 26.0. The predicted molar refractivity (Wildman–Crippen MR) is 87.2 cm³/mol. The van der Waals surface area contributed by atoms with Gasteiger partial charge in [0.05, 0.1) is 18.7 Å². The average Bonchev–Trinajstić information content (AvgIpc) is 3.03. The number of aromatic amines is 1. The molecule has 0 radical (unpaired) electrons. The molecule has 0 aliphatic heterocycles. The van der Waals surface area contributed by atoms with Crippen molar-refractivity contribution < 1.29 is 23.8 Å². The zero-order chi connectivity index (χ0) is 17.0. The van der Waals surface area contributed by atoms with Crippen LogP contribution < -0.4 is 9.47 Å². The number of H-pyrrole nitrogens is 1. The fourth-order valence-electron chi connectivity index (χ4n) is 1.97. The van der Waals surface area contributed by atoms with Crippen molar-refractivity contribution in [3.8, 4) is 11.5 Å². The van der Waals surface area contributed by atoms with Gasteiger partial charge in [-0.15, -0.1) is 0 Å². The molecule has 6 nitrogen and oxygen atoms in total. The molecule has 2 aromatic rings. The molecule has 0 saturated heterocycles. The van der Waals surface area contributed by atoms with Crippen LogP contribution in [0, 0.1) is 0 Å². The Kier molecular flexibility index (Phi) is 5.44. The normalized spacial score (nSPS) is 10.3. The maximum atomic E-state index is 12.0. The van der Waals surface area contributed by atoms with Gasteiger partial charge in [0, 0.05) is 17.3 Å². The van der Waals surface area contributed by atoms with E-state index in [-0.39, 0.29) is 18.1 Å². The van der Waals surface area contributed by atoms with Crippen molar-refractivity contribution in [2.24, 2.45) is 0 Å². The van der Waals surface area contributed by atoms with Gasteiger partial charge in [0.15, 0.2) is 5.78 Å². The molecule has 0 aliphatic rings. The summed E-state index contributed by atoms with van der Waals surface area (Å²) in [5, 5.41) is 0. The highest BCUT2D eigenvalue weighted by Gasteiger charge is 2.15. The van der Waals surface area contributed by atoms with Crippen LogP contribution in [0.15, 0.2) is 28.9 Å². The van der Waals surface area contributed by atoms with Gasteiger partial charge >= 0.3 is 5.97 Å². The number of methoxy groups -OCH3 is 2. The summed E-state index contributed by atoms with van der Waals surface area (Å²) in [5.41, 5.74) is 1.32. The van der Waals surface area contributed by atoms with Gasteiger partial charge in [-0.05, 0) is 41.1 Å². The number of halogens is 1. The van der Waals surface area contributed by atoms with E-state index in [1.807, 2.05) is 0 Å². The Hall–Kier alpha value is -2.28. The van der Waals surface area contributed by atoms with E-state index in [1.165, 1.54) is 26.3 Å². The molecule has 1 aromatic heterocycles. The van der Waals surface area contributed by atoms with Gasteiger partial charge in [0.25, 0.3) is 0 Å². The lowest BCUT2D eigenvalue weighted by Crippen LogP contribution is -2.06. The van der Waals surface area contributed by atoms with E-state index in [0.717, 1.165) is 4.47 Å². The summed E-state index contributed by atoms with van der Waals surface area (Å²) in [5.74, 6) is 0.498. The molecule has 0 amide bonds. The van der Waals surface area contributed by atoms with Crippen molar-refractivity contribution in [3.05, 3.63) is 45.7 Å².